The van der Waals surface area contributed by atoms with Gasteiger partial charge in [-0.1, -0.05) is 42.5 Å². The van der Waals surface area contributed by atoms with Crippen molar-refractivity contribution in [2.75, 3.05) is 10.6 Å². The zero-order valence-electron chi connectivity index (χ0n) is 16.7. The van der Waals surface area contributed by atoms with Gasteiger partial charge in [-0.05, 0) is 36.2 Å². The maximum atomic E-state index is 13.8. The molecule has 0 saturated heterocycles. The first-order valence-corrected chi connectivity index (χ1v) is 9.60. The van der Waals surface area contributed by atoms with Crippen molar-refractivity contribution < 1.29 is 18.0 Å². The van der Waals surface area contributed by atoms with Crippen molar-refractivity contribution in [2.45, 2.75) is 13.3 Å². The van der Waals surface area contributed by atoms with E-state index in [0.717, 1.165) is 23.3 Å². The molecule has 0 aliphatic carbocycles. The smallest absolute Gasteiger partial charge is 0.299 e. The maximum absolute atomic E-state index is 13.8. The Labute approximate surface area is 177 Å². The first kappa shape index (κ1) is 20.3. The van der Waals surface area contributed by atoms with E-state index in [1.807, 2.05) is 43.3 Å². The standard InChI is InChI=1S/C24H19F2N3O2/c1-15-7-10-19(28-23(30)11-17-8-9-18(25)12-20(17)26)13-21(15)29-24-27-14-22(31-24)16-5-3-2-4-6-16/h2-10,12-14H,11H2,1H3,(H,27,29)(H,28,30). The fraction of sp³-hybridized carbons (Fsp3) is 0.0833. The van der Waals surface area contributed by atoms with Crippen LogP contribution in [0.5, 0.6) is 0 Å². The van der Waals surface area contributed by atoms with E-state index in [1.54, 1.807) is 18.3 Å². The van der Waals surface area contributed by atoms with Crippen LogP contribution in [0.1, 0.15) is 11.1 Å². The molecule has 0 atom stereocenters. The van der Waals surface area contributed by atoms with E-state index in [-0.39, 0.29) is 12.0 Å². The number of benzene rings is 3. The molecule has 7 heteroatoms. The van der Waals surface area contributed by atoms with Crippen LogP contribution in [-0.4, -0.2) is 10.9 Å². The summed E-state index contributed by atoms with van der Waals surface area (Å²) in [6.45, 7) is 1.91. The molecule has 3 aromatic carbocycles. The van der Waals surface area contributed by atoms with Crippen LogP contribution in [0.25, 0.3) is 11.3 Å². The van der Waals surface area contributed by atoms with Gasteiger partial charge < -0.3 is 15.1 Å². The molecule has 0 aliphatic rings. The molecule has 156 valence electrons. The van der Waals surface area contributed by atoms with Gasteiger partial charge in [0, 0.05) is 23.0 Å². The average Bonchev–Trinajstić information content (AvgIpc) is 3.22. The molecule has 0 spiro atoms. The average molecular weight is 419 g/mol. The highest BCUT2D eigenvalue weighted by Gasteiger charge is 2.12. The van der Waals surface area contributed by atoms with Crippen molar-refractivity contribution in [2.24, 2.45) is 0 Å². The predicted octanol–water partition coefficient (Wildman–Crippen LogP) is 5.85. The number of nitrogens with one attached hydrogen (secondary N) is 2. The van der Waals surface area contributed by atoms with Gasteiger partial charge in [0.15, 0.2) is 5.76 Å². The number of halogens is 2. The van der Waals surface area contributed by atoms with Gasteiger partial charge in [-0.25, -0.2) is 13.8 Å². The Kier molecular flexibility index (Phi) is 5.75. The predicted molar refractivity (Wildman–Crippen MR) is 115 cm³/mol. The Bertz CT molecular complexity index is 1220. The third-order valence-electron chi connectivity index (χ3n) is 4.69. The van der Waals surface area contributed by atoms with Crippen LogP contribution >= 0.6 is 0 Å². The monoisotopic (exact) mass is 419 g/mol. The van der Waals surface area contributed by atoms with Crippen molar-refractivity contribution in [1.29, 1.82) is 0 Å². The van der Waals surface area contributed by atoms with E-state index in [1.165, 1.54) is 6.07 Å². The molecule has 1 aromatic heterocycles. The van der Waals surface area contributed by atoms with Crippen LogP contribution < -0.4 is 10.6 Å². The fourth-order valence-corrected chi connectivity index (χ4v) is 3.06. The molecule has 4 rings (SSSR count). The molecule has 0 saturated carbocycles. The van der Waals surface area contributed by atoms with Gasteiger partial charge in [0.05, 0.1) is 12.6 Å². The molecule has 1 heterocycles. The molecular formula is C24H19F2N3O2. The summed E-state index contributed by atoms with van der Waals surface area (Å²) in [6.07, 6.45) is 1.43. The van der Waals surface area contributed by atoms with Crippen molar-refractivity contribution in [1.82, 2.24) is 4.98 Å². The number of anilines is 3. The summed E-state index contributed by atoms with van der Waals surface area (Å²) in [5.41, 5.74) is 3.18. The first-order valence-electron chi connectivity index (χ1n) is 9.60. The number of hydrogen-bond acceptors (Lipinski definition) is 4. The summed E-state index contributed by atoms with van der Waals surface area (Å²) in [4.78, 5) is 16.6. The second-order valence-electron chi connectivity index (χ2n) is 7.01. The van der Waals surface area contributed by atoms with Crippen LogP contribution in [0, 0.1) is 18.6 Å². The van der Waals surface area contributed by atoms with Gasteiger partial charge in [0.1, 0.15) is 11.6 Å². The van der Waals surface area contributed by atoms with E-state index in [0.29, 0.717) is 23.1 Å². The molecule has 2 N–H and O–H groups in total. The molecule has 0 bridgehead atoms. The number of carbonyl (C=O) groups excluding carboxylic acids is 1. The molecule has 0 aliphatic heterocycles. The molecule has 1 amide bonds. The largest absolute Gasteiger partial charge is 0.423 e. The molecule has 0 unspecified atom stereocenters. The molecule has 31 heavy (non-hydrogen) atoms. The first-order chi connectivity index (χ1) is 15.0. The third-order valence-corrected chi connectivity index (χ3v) is 4.69. The quantitative estimate of drug-likeness (QED) is 0.411. The highest BCUT2D eigenvalue weighted by atomic mass is 19.1. The number of nitrogens with zero attached hydrogens (tertiary/aromatic N) is 1. The van der Waals surface area contributed by atoms with Gasteiger partial charge in [0.25, 0.3) is 6.01 Å². The summed E-state index contributed by atoms with van der Waals surface area (Å²) in [6, 6.07) is 18.4. The lowest BCUT2D eigenvalue weighted by Gasteiger charge is -2.11. The Morgan fingerprint density at radius 2 is 1.84 bits per heavy atom. The lowest BCUT2D eigenvalue weighted by atomic mass is 10.1. The zero-order chi connectivity index (χ0) is 21.8. The van der Waals surface area contributed by atoms with E-state index >= 15 is 0 Å². The summed E-state index contributed by atoms with van der Waals surface area (Å²) < 4.78 is 32.6. The van der Waals surface area contributed by atoms with Crippen LogP contribution in [0.2, 0.25) is 0 Å². The lowest BCUT2D eigenvalue weighted by molar-refractivity contribution is -0.115. The highest BCUT2D eigenvalue weighted by Crippen LogP contribution is 2.27. The van der Waals surface area contributed by atoms with Crippen LogP contribution in [0.3, 0.4) is 0 Å². The van der Waals surface area contributed by atoms with E-state index in [9.17, 15) is 13.6 Å². The number of aromatic nitrogens is 1. The maximum Gasteiger partial charge on any atom is 0.299 e. The summed E-state index contributed by atoms with van der Waals surface area (Å²) in [7, 11) is 0. The van der Waals surface area contributed by atoms with E-state index in [4.69, 9.17) is 4.42 Å². The van der Waals surface area contributed by atoms with Crippen molar-refractivity contribution in [3.8, 4) is 11.3 Å². The summed E-state index contributed by atoms with van der Waals surface area (Å²) in [5, 5.41) is 5.84. The molecular weight excluding hydrogens is 400 g/mol. The van der Waals surface area contributed by atoms with E-state index < -0.39 is 17.5 Å². The minimum absolute atomic E-state index is 0.123. The Hall–Kier alpha value is -4.00. The third kappa shape index (κ3) is 4.95. The number of hydrogen-bond donors (Lipinski definition) is 2. The lowest BCUT2D eigenvalue weighted by Crippen LogP contribution is -2.15. The Balaban J connectivity index is 1.46. The van der Waals surface area contributed by atoms with Gasteiger partial charge in [-0.15, -0.1) is 0 Å². The minimum Gasteiger partial charge on any atom is -0.423 e. The SMILES string of the molecule is Cc1ccc(NC(=O)Cc2ccc(F)cc2F)cc1Nc1ncc(-c2ccccc2)o1. The number of carbonyl (C=O) groups is 1. The second-order valence-corrected chi connectivity index (χ2v) is 7.01. The highest BCUT2D eigenvalue weighted by molar-refractivity contribution is 5.93. The number of oxazole rings is 1. The summed E-state index contributed by atoms with van der Waals surface area (Å²) in [5.74, 6) is -1.22. The van der Waals surface area contributed by atoms with Crippen molar-refractivity contribution >= 4 is 23.3 Å². The van der Waals surface area contributed by atoms with Crippen LogP contribution in [-0.2, 0) is 11.2 Å². The Morgan fingerprint density at radius 3 is 2.61 bits per heavy atom. The molecule has 4 aromatic rings. The zero-order valence-corrected chi connectivity index (χ0v) is 16.7. The Morgan fingerprint density at radius 1 is 1.03 bits per heavy atom. The fourth-order valence-electron chi connectivity index (χ4n) is 3.06. The number of amides is 1. The normalized spacial score (nSPS) is 10.7. The number of rotatable bonds is 6. The summed E-state index contributed by atoms with van der Waals surface area (Å²) >= 11 is 0. The molecule has 5 nitrogen and oxygen atoms in total. The van der Waals surface area contributed by atoms with Crippen LogP contribution in [0.15, 0.2) is 77.3 Å². The van der Waals surface area contributed by atoms with Crippen molar-refractivity contribution in [3.05, 3.63) is 95.7 Å². The van der Waals surface area contributed by atoms with Gasteiger partial charge in [0.2, 0.25) is 5.91 Å². The molecule has 0 fully saturated rings. The van der Waals surface area contributed by atoms with E-state index in [2.05, 4.69) is 15.6 Å². The molecule has 0 radical (unpaired) electrons. The van der Waals surface area contributed by atoms with Crippen LogP contribution in [0.4, 0.5) is 26.2 Å². The van der Waals surface area contributed by atoms with Gasteiger partial charge in [-0.2, -0.15) is 0 Å². The van der Waals surface area contributed by atoms with Crippen molar-refractivity contribution in [3.63, 3.8) is 0 Å². The van der Waals surface area contributed by atoms with Gasteiger partial charge >= 0.3 is 0 Å². The van der Waals surface area contributed by atoms with Gasteiger partial charge in [-0.3, -0.25) is 4.79 Å². The second kappa shape index (κ2) is 8.79. The number of aryl methyl sites for hydroxylation is 1. The minimum atomic E-state index is -0.750. The topological polar surface area (TPSA) is 67.2 Å².